The van der Waals surface area contributed by atoms with E-state index in [4.69, 9.17) is 4.74 Å². The molecule has 0 saturated heterocycles. The number of ether oxygens (including phenoxy) is 1. The average Bonchev–Trinajstić information content (AvgIpc) is 3.42. The Kier molecular flexibility index (Phi) is 4.64. The standard InChI is InChI=1S/C22H20N2O3S2/c1-14-22(26)24(16-5-2-3-6-17(16)27-14)13-20(25)23-10-8-18-15(9-12-29-18)21(23)19-7-4-11-28-19/h2-7,9,11-12,14,21H,8,10,13H2,1H3. The van der Waals surface area contributed by atoms with Crippen LogP contribution in [-0.2, 0) is 16.0 Å². The number of hydrogen-bond donors (Lipinski definition) is 0. The van der Waals surface area contributed by atoms with Gasteiger partial charge < -0.3 is 9.64 Å². The van der Waals surface area contributed by atoms with Gasteiger partial charge in [0.05, 0.1) is 11.7 Å². The topological polar surface area (TPSA) is 49.9 Å². The summed E-state index contributed by atoms with van der Waals surface area (Å²) in [5.41, 5.74) is 1.86. The number of thiophene rings is 2. The fourth-order valence-corrected chi connectivity index (χ4v) is 5.85. The van der Waals surface area contributed by atoms with Gasteiger partial charge in [0.15, 0.2) is 6.10 Å². The zero-order valence-corrected chi connectivity index (χ0v) is 17.5. The maximum Gasteiger partial charge on any atom is 0.268 e. The van der Waals surface area contributed by atoms with Gasteiger partial charge in [-0.05, 0) is 53.9 Å². The fourth-order valence-electron chi connectivity index (χ4n) is 4.09. The van der Waals surface area contributed by atoms with E-state index in [0.29, 0.717) is 18.0 Å². The van der Waals surface area contributed by atoms with E-state index >= 15 is 0 Å². The van der Waals surface area contributed by atoms with Crippen molar-refractivity contribution in [2.45, 2.75) is 25.5 Å². The molecule has 4 heterocycles. The van der Waals surface area contributed by atoms with E-state index in [1.54, 1.807) is 34.5 Å². The van der Waals surface area contributed by atoms with Crippen LogP contribution in [0.4, 0.5) is 5.69 Å². The monoisotopic (exact) mass is 424 g/mol. The minimum absolute atomic E-state index is 0.0187. The second kappa shape index (κ2) is 7.31. The van der Waals surface area contributed by atoms with Crippen molar-refractivity contribution >= 4 is 40.2 Å². The molecule has 3 aromatic rings. The molecule has 2 aliphatic rings. The van der Waals surface area contributed by atoms with E-state index in [0.717, 1.165) is 11.3 Å². The van der Waals surface area contributed by atoms with Crippen LogP contribution in [0.2, 0.25) is 0 Å². The highest BCUT2D eigenvalue weighted by molar-refractivity contribution is 7.10. The highest BCUT2D eigenvalue weighted by Crippen LogP contribution is 2.40. The van der Waals surface area contributed by atoms with Crippen LogP contribution in [0.5, 0.6) is 5.75 Å². The van der Waals surface area contributed by atoms with Gasteiger partial charge in [0, 0.05) is 16.3 Å². The number of benzene rings is 1. The molecule has 148 valence electrons. The SMILES string of the molecule is CC1Oc2ccccc2N(CC(=O)N2CCc3sccc3C2c2cccs2)C1=O. The molecule has 0 radical (unpaired) electrons. The summed E-state index contributed by atoms with van der Waals surface area (Å²) < 4.78 is 5.70. The molecule has 5 nitrogen and oxygen atoms in total. The average molecular weight is 425 g/mol. The van der Waals surface area contributed by atoms with Gasteiger partial charge in [0.1, 0.15) is 12.3 Å². The van der Waals surface area contributed by atoms with Gasteiger partial charge in [0.25, 0.3) is 5.91 Å². The summed E-state index contributed by atoms with van der Waals surface area (Å²) in [6.45, 7) is 2.40. The minimum atomic E-state index is -0.601. The molecule has 0 bridgehead atoms. The van der Waals surface area contributed by atoms with Gasteiger partial charge in [-0.2, -0.15) is 0 Å². The van der Waals surface area contributed by atoms with Gasteiger partial charge in [-0.1, -0.05) is 18.2 Å². The Bertz CT molecular complexity index is 1060. The van der Waals surface area contributed by atoms with E-state index in [9.17, 15) is 9.59 Å². The number of para-hydroxylation sites is 2. The van der Waals surface area contributed by atoms with Crippen molar-refractivity contribution in [3.05, 3.63) is 68.5 Å². The lowest BCUT2D eigenvalue weighted by Crippen LogP contribution is -2.51. The van der Waals surface area contributed by atoms with Crippen LogP contribution in [0.3, 0.4) is 0 Å². The van der Waals surface area contributed by atoms with Crippen LogP contribution in [0.1, 0.15) is 28.3 Å². The maximum atomic E-state index is 13.5. The third-order valence-electron chi connectivity index (χ3n) is 5.47. The predicted molar refractivity (Wildman–Crippen MR) is 115 cm³/mol. The Hall–Kier alpha value is -2.64. The maximum absolute atomic E-state index is 13.5. The number of carbonyl (C=O) groups excluding carboxylic acids is 2. The minimum Gasteiger partial charge on any atom is -0.479 e. The summed E-state index contributed by atoms with van der Waals surface area (Å²) in [5.74, 6) is 0.413. The molecule has 2 atom stereocenters. The van der Waals surface area contributed by atoms with Crippen molar-refractivity contribution in [3.8, 4) is 5.75 Å². The lowest BCUT2D eigenvalue weighted by molar-refractivity contribution is -0.134. The van der Waals surface area contributed by atoms with Gasteiger partial charge in [-0.15, -0.1) is 22.7 Å². The Morgan fingerprint density at radius 1 is 1.14 bits per heavy atom. The third kappa shape index (κ3) is 3.14. The van der Waals surface area contributed by atoms with Crippen LogP contribution < -0.4 is 9.64 Å². The second-order valence-electron chi connectivity index (χ2n) is 7.21. The predicted octanol–water partition coefficient (Wildman–Crippen LogP) is 4.10. The third-order valence-corrected chi connectivity index (χ3v) is 7.39. The molecule has 2 unspecified atom stereocenters. The molecule has 2 aliphatic heterocycles. The summed E-state index contributed by atoms with van der Waals surface area (Å²) in [6.07, 6.45) is 0.251. The van der Waals surface area contributed by atoms with E-state index in [1.165, 1.54) is 10.4 Å². The largest absolute Gasteiger partial charge is 0.479 e. The van der Waals surface area contributed by atoms with Gasteiger partial charge in [0.2, 0.25) is 5.91 Å². The summed E-state index contributed by atoms with van der Waals surface area (Å²) in [4.78, 5) is 32.3. The Morgan fingerprint density at radius 2 is 2.00 bits per heavy atom. The first kappa shape index (κ1) is 18.4. The summed E-state index contributed by atoms with van der Waals surface area (Å²) >= 11 is 3.42. The van der Waals surface area contributed by atoms with Crippen molar-refractivity contribution in [3.63, 3.8) is 0 Å². The number of fused-ring (bicyclic) bond motifs is 2. The number of rotatable bonds is 3. The quantitative estimate of drug-likeness (QED) is 0.636. The molecule has 2 amide bonds. The van der Waals surface area contributed by atoms with E-state index < -0.39 is 6.10 Å². The van der Waals surface area contributed by atoms with Gasteiger partial charge in [-0.3, -0.25) is 14.5 Å². The number of carbonyl (C=O) groups is 2. The molecular weight excluding hydrogens is 404 g/mol. The van der Waals surface area contributed by atoms with Crippen LogP contribution in [0, 0.1) is 0 Å². The lowest BCUT2D eigenvalue weighted by Gasteiger charge is -2.38. The molecule has 29 heavy (non-hydrogen) atoms. The Labute approximate surface area is 177 Å². The molecule has 1 aromatic carbocycles. The van der Waals surface area contributed by atoms with Crippen molar-refractivity contribution in [2.75, 3.05) is 18.0 Å². The summed E-state index contributed by atoms with van der Waals surface area (Å²) in [6, 6.07) is 13.5. The summed E-state index contributed by atoms with van der Waals surface area (Å²) in [5, 5.41) is 4.14. The molecular formula is C22H20N2O3S2. The number of anilines is 1. The van der Waals surface area contributed by atoms with Crippen molar-refractivity contribution in [2.24, 2.45) is 0 Å². The molecule has 0 N–H and O–H groups in total. The highest BCUT2D eigenvalue weighted by atomic mass is 32.1. The highest BCUT2D eigenvalue weighted by Gasteiger charge is 2.37. The molecule has 7 heteroatoms. The van der Waals surface area contributed by atoms with E-state index in [-0.39, 0.29) is 24.4 Å². The molecule has 0 fully saturated rings. The normalized spacial score (nSPS) is 20.8. The number of nitrogens with zero attached hydrogens (tertiary/aromatic N) is 2. The Balaban J connectivity index is 1.47. The van der Waals surface area contributed by atoms with Crippen LogP contribution >= 0.6 is 22.7 Å². The van der Waals surface area contributed by atoms with Crippen LogP contribution in [-0.4, -0.2) is 35.9 Å². The van der Waals surface area contributed by atoms with E-state index in [1.807, 2.05) is 40.6 Å². The van der Waals surface area contributed by atoms with Crippen molar-refractivity contribution < 1.29 is 14.3 Å². The van der Waals surface area contributed by atoms with Crippen LogP contribution in [0.25, 0.3) is 0 Å². The fraction of sp³-hybridized carbons (Fsp3) is 0.273. The zero-order chi connectivity index (χ0) is 20.0. The molecule has 0 aliphatic carbocycles. The van der Waals surface area contributed by atoms with Crippen molar-refractivity contribution in [1.29, 1.82) is 0 Å². The Morgan fingerprint density at radius 3 is 2.83 bits per heavy atom. The smallest absolute Gasteiger partial charge is 0.268 e. The van der Waals surface area contributed by atoms with Crippen molar-refractivity contribution in [1.82, 2.24) is 4.90 Å². The number of amides is 2. The van der Waals surface area contributed by atoms with Gasteiger partial charge in [-0.25, -0.2) is 0 Å². The molecule has 0 saturated carbocycles. The van der Waals surface area contributed by atoms with Crippen LogP contribution in [0.15, 0.2) is 53.2 Å². The lowest BCUT2D eigenvalue weighted by atomic mass is 9.98. The molecule has 2 aromatic heterocycles. The second-order valence-corrected chi connectivity index (χ2v) is 9.19. The summed E-state index contributed by atoms with van der Waals surface area (Å²) in [7, 11) is 0. The first-order valence-electron chi connectivity index (χ1n) is 9.59. The first-order chi connectivity index (χ1) is 14.1. The number of hydrogen-bond acceptors (Lipinski definition) is 5. The van der Waals surface area contributed by atoms with E-state index in [2.05, 4.69) is 17.5 Å². The molecule has 5 rings (SSSR count). The first-order valence-corrected chi connectivity index (χ1v) is 11.4. The molecule has 0 spiro atoms. The zero-order valence-electron chi connectivity index (χ0n) is 15.9. The van der Waals surface area contributed by atoms with Gasteiger partial charge >= 0.3 is 0 Å².